The van der Waals surface area contributed by atoms with Crippen LogP contribution in [-0.2, 0) is 9.59 Å². The zero-order chi connectivity index (χ0) is 13.5. The summed E-state index contributed by atoms with van der Waals surface area (Å²) in [4.78, 5) is 26.6. The molecule has 1 unspecified atom stereocenters. The number of hydrogen-bond donors (Lipinski definition) is 1. The summed E-state index contributed by atoms with van der Waals surface area (Å²) in [5.74, 6) is -0.782. The molecule has 18 heavy (non-hydrogen) atoms. The molecule has 1 atom stereocenters. The number of nitrogens with zero attached hydrogens (tertiary/aromatic N) is 2. The average Bonchev–Trinajstić information content (AvgIpc) is 2.36. The van der Waals surface area contributed by atoms with Crippen LogP contribution in [0.5, 0.6) is 0 Å². The van der Waals surface area contributed by atoms with Gasteiger partial charge in [0.15, 0.2) is 0 Å². The third kappa shape index (κ3) is 4.29. The molecule has 1 fully saturated rings. The SMILES string of the molecule is CCCCN(C)C(=O)CN1CCCCC1C(=O)O. The van der Waals surface area contributed by atoms with Gasteiger partial charge in [0.05, 0.1) is 6.54 Å². The summed E-state index contributed by atoms with van der Waals surface area (Å²) in [5.41, 5.74) is 0. The van der Waals surface area contributed by atoms with Gasteiger partial charge >= 0.3 is 5.97 Å². The summed E-state index contributed by atoms with van der Waals surface area (Å²) in [7, 11) is 1.79. The number of carboxylic acid groups (broad SMARTS) is 1. The van der Waals surface area contributed by atoms with E-state index < -0.39 is 12.0 Å². The van der Waals surface area contributed by atoms with Gasteiger partial charge in [-0.25, -0.2) is 0 Å². The fourth-order valence-corrected chi connectivity index (χ4v) is 2.27. The first-order valence-electron chi connectivity index (χ1n) is 6.77. The Morgan fingerprint density at radius 1 is 1.39 bits per heavy atom. The molecule has 0 bridgehead atoms. The highest BCUT2D eigenvalue weighted by molar-refractivity contribution is 5.80. The van der Waals surface area contributed by atoms with E-state index in [4.69, 9.17) is 5.11 Å². The standard InChI is InChI=1S/C13H24N2O3/c1-3-4-8-14(2)12(16)10-15-9-6-5-7-11(15)13(17)18/h11H,3-10H2,1-2H3,(H,17,18). The highest BCUT2D eigenvalue weighted by Crippen LogP contribution is 2.17. The summed E-state index contributed by atoms with van der Waals surface area (Å²) in [6, 6.07) is -0.484. The van der Waals surface area contributed by atoms with E-state index >= 15 is 0 Å². The van der Waals surface area contributed by atoms with Crippen molar-refractivity contribution in [2.75, 3.05) is 26.7 Å². The van der Waals surface area contributed by atoms with Crippen molar-refractivity contribution in [1.29, 1.82) is 0 Å². The molecule has 0 aromatic carbocycles. The van der Waals surface area contributed by atoms with Crippen molar-refractivity contribution in [2.45, 2.75) is 45.1 Å². The summed E-state index contributed by atoms with van der Waals surface area (Å²) < 4.78 is 0. The molecule has 104 valence electrons. The first-order valence-corrected chi connectivity index (χ1v) is 6.77. The second-order valence-electron chi connectivity index (χ2n) is 4.99. The summed E-state index contributed by atoms with van der Waals surface area (Å²) in [6.45, 7) is 3.78. The lowest BCUT2D eigenvalue weighted by atomic mass is 10.0. The molecular formula is C13H24N2O3. The van der Waals surface area contributed by atoms with E-state index in [1.165, 1.54) is 0 Å². The number of piperidine rings is 1. The van der Waals surface area contributed by atoms with Crippen molar-refractivity contribution in [1.82, 2.24) is 9.80 Å². The molecule has 5 nitrogen and oxygen atoms in total. The fraction of sp³-hybridized carbons (Fsp3) is 0.846. The van der Waals surface area contributed by atoms with Crippen molar-refractivity contribution in [3.8, 4) is 0 Å². The van der Waals surface area contributed by atoms with Crippen LogP contribution in [0.25, 0.3) is 0 Å². The topological polar surface area (TPSA) is 60.9 Å². The highest BCUT2D eigenvalue weighted by Gasteiger charge is 2.30. The van der Waals surface area contributed by atoms with Gasteiger partial charge in [0.25, 0.3) is 0 Å². The number of aliphatic carboxylic acids is 1. The molecule has 1 rings (SSSR count). The normalized spacial score (nSPS) is 20.7. The summed E-state index contributed by atoms with van der Waals surface area (Å²) in [5, 5.41) is 9.14. The maximum absolute atomic E-state index is 12.0. The van der Waals surface area contributed by atoms with E-state index in [1.807, 2.05) is 0 Å². The summed E-state index contributed by atoms with van der Waals surface area (Å²) in [6.07, 6.45) is 4.62. The molecule has 5 heteroatoms. The van der Waals surface area contributed by atoms with Gasteiger partial charge in [0, 0.05) is 13.6 Å². The molecule has 0 aromatic rings. The minimum atomic E-state index is -0.807. The van der Waals surface area contributed by atoms with Gasteiger partial charge in [0.1, 0.15) is 6.04 Å². The molecular weight excluding hydrogens is 232 g/mol. The smallest absolute Gasteiger partial charge is 0.320 e. The third-order valence-corrected chi connectivity index (χ3v) is 3.51. The average molecular weight is 256 g/mol. The third-order valence-electron chi connectivity index (χ3n) is 3.51. The number of rotatable bonds is 6. The van der Waals surface area contributed by atoms with Crippen LogP contribution < -0.4 is 0 Å². The molecule has 1 heterocycles. The highest BCUT2D eigenvalue weighted by atomic mass is 16.4. The van der Waals surface area contributed by atoms with Gasteiger partial charge in [-0.05, 0) is 25.8 Å². The minimum Gasteiger partial charge on any atom is -0.480 e. The Kier molecular flexibility index (Phi) is 6.12. The Hall–Kier alpha value is -1.10. The van der Waals surface area contributed by atoms with E-state index in [-0.39, 0.29) is 12.5 Å². The maximum atomic E-state index is 12.0. The second-order valence-corrected chi connectivity index (χ2v) is 4.99. The lowest BCUT2D eigenvalue weighted by molar-refractivity contribution is -0.146. The predicted octanol–water partition coefficient (Wildman–Crippen LogP) is 1.18. The van der Waals surface area contributed by atoms with Crippen molar-refractivity contribution in [3.63, 3.8) is 0 Å². The first kappa shape index (κ1) is 15.0. The van der Waals surface area contributed by atoms with Crippen LogP contribution in [0.4, 0.5) is 0 Å². The zero-order valence-electron chi connectivity index (χ0n) is 11.4. The van der Waals surface area contributed by atoms with E-state index in [2.05, 4.69) is 6.92 Å². The van der Waals surface area contributed by atoms with Crippen LogP contribution in [0.15, 0.2) is 0 Å². The molecule has 0 radical (unpaired) electrons. The lowest BCUT2D eigenvalue weighted by Gasteiger charge is -2.33. The Bertz CT molecular complexity index is 294. The van der Waals surface area contributed by atoms with Crippen molar-refractivity contribution < 1.29 is 14.7 Å². The van der Waals surface area contributed by atoms with Crippen LogP contribution in [0.2, 0.25) is 0 Å². The minimum absolute atomic E-state index is 0.0246. The number of carboxylic acids is 1. The largest absolute Gasteiger partial charge is 0.480 e. The van der Waals surface area contributed by atoms with Gasteiger partial charge < -0.3 is 10.0 Å². The molecule has 1 amide bonds. The molecule has 0 aromatic heterocycles. The Labute approximate surface area is 109 Å². The van der Waals surface area contributed by atoms with E-state index in [9.17, 15) is 9.59 Å². The molecule has 0 spiro atoms. The number of hydrogen-bond acceptors (Lipinski definition) is 3. The number of likely N-dealkylation sites (tertiary alicyclic amines) is 1. The second kappa shape index (κ2) is 7.36. The van der Waals surface area contributed by atoms with Crippen molar-refractivity contribution in [2.24, 2.45) is 0 Å². The van der Waals surface area contributed by atoms with E-state index in [0.29, 0.717) is 13.0 Å². The van der Waals surface area contributed by atoms with Crippen LogP contribution >= 0.6 is 0 Å². The van der Waals surface area contributed by atoms with Crippen molar-refractivity contribution >= 4 is 11.9 Å². The van der Waals surface area contributed by atoms with Gasteiger partial charge in [-0.3, -0.25) is 14.5 Å². The first-order chi connectivity index (χ1) is 8.56. The number of amides is 1. The fourth-order valence-electron chi connectivity index (χ4n) is 2.27. The van der Waals surface area contributed by atoms with Crippen LogP contribution in [0, 0.1) is 0 Å². The van der Waals surface area contributed by atoms with Crippen molar-refractivity contribution in [3.05, 3.63) is 0 Å². The molecule has 1 aliphatic heterocycles. The predicted molar refractivity (Wildman–Crippen MR) is 69.4 cm³/mol. The quantitative estimate of drug-likeness (QED) is 0.775. The Balaban J connectivity index is 2.48. The van der Waals surface area contributed by atoms with Crippen LogP contribution in [-0.4, -0.2) is 59.5 Å². The van der Waals surface area contributed by atoms with E-state index in [1.54, 1.807) is 16.8 Å². The zero-order valence-corrected chi connectivity index (χ0v) is 11.4. The molecule has 0 aliphatic carbocycles. The number of unbranched alkanes of at least 4 members (excludes halogenated alkanes) is 1. The van der Waals surface area contributed by atoms with Gasteiger partial charge in [-0.2, -0.15) is 0 Å². The van der Waals surface area contributed by atoms with E-state index in [0.717, 1.165) is 32.2 Å². The lowest BCUT2D eigenvalue weighted by Crippen LogP contribution is -2.49. The summed E-state index contributed by atoms with van der Waals surface area (Å²) >= 11 is 0. The molecule has 1 aliphatic rings. The molecule has 1 saturated heterocycles. The number of likely N-dealkylation sites (N-methyl/N-ethyl adjacent to an activating group) is 1. The van der Waals surface area contributed by atoms with Gasteiger partial charge in [-0.15, -0.1) is 0 Å². The molecule has 1 N–H and O–H groups in total. The maximum Gasteiger partial charge on any atom is 0.320 e. The van der Waals surface area contributed by atoms with Gasteiger partial charge in [-0.1, -0.05) is 19.8 Å². The monoisotopic (exact) mass is 256 g/mol. The Morgan fingerprint density at radius 3 is 2.72 bits per heavy atom. The van der Waals surface area contributed by atoms with Gasteiger partial charge in [0.2, 0.25) is 5.91 Å². The van der Waals surface area contributed by atoms with Crippen LogP contribution in [0.3, 0.4) is 0 Å². The number of carbonyl (C=O) groups excluding carboxylic acids is 1. The number of carbonyl (C=O) groups is 2. The van der Waals surface area contributed by atoms with Crippen LogP contribution in [0.1, 0.15) is 39.0 Å². The molecule has 0 saturated carbocycles. The Morgan fingerprint density at radius 2 is 2.11 bits per heavy atom.